The van der Waals surface area contributed by atoms with Crippen molar-refractivity contribution in [2.24, 2.45) is 47.0 Å². The van der Waals surface area contributed by atoms with Gasteiger partial charge in [-0.1, -0.05) is 0 Å². The first-order valence-electron chi connectivity index (χ1n) is 40.9. The summed E-state index contributed by atoms with van der Waals surface area (Å²) < 4.78 is 115. The van der Waals surface area contributed by atoms with Crippen LogP contribution in [0.25, 0.3) is 34.4 Å². The van der Waals surface area contributed by atoms with E-state index in [2.05, 4.69) is 66.5 Å². The first-order chi connectivity index (χ1) is 58.0. The first kappa shape index (κ1) is 94.9. The molecule has 9 heterocycles. The minimum Gasteiger partial charge on any atom is -0.444 e. The molecule has 0 spiro atoms. The number of anilines is 6. The number of rotatable bonds is 27. The third-order valence-corrected chi connectivity index (χ3v) is 21.5. The Labute approximate surface area is 724 Å². The Balaban J connectivity index is 0.000000190. The van der Waals surface area contributed by atoms with Crippen LogP contribution in [0, 0.1) is 35.5 Å². The summed E-state index contributed by atoms with van der Waals surface area (Å²) >= 11 is 0. The number of aliphatic hydroxyl groups excluding tert-OH is 1. The predicted molar refractivity (Wildman–Crippen MR) is 445 cm³/mol. The molecule has 1 unspecified atom stereocenters. The van der Waals surface area contributed by atoms with Gasteiger partial charge in [-0.3, -0.25) is 38.2 Å². The van der Waals surface area contributed by atoms with Gasteiger partial charge in [0.15, 0.2) is 34.2 Å². The molecule has 6 fully saturated rings. The predicted octanol–water partition coefficient (Wildman–Crippen LogP) is 16.5. The maximum absolute atomic E-state index is 13.8. The number of oxazole rings is 3. The Bertz CT molecular complexity index is 4990. The number of ether oxygens (including phenoxy) is 2. The SMILES string of the molecule is CC(C)(C)OC(=O)N(CC1CC1)c1cc(-c2nc(C(=O)Nc3cn(C4CCC(C=O)CC4)nc3C(F)F)co2)ccn1.CC(C)(C)OC(=O)N(CC1CC1)c1cc(-c2nc(C(=O)Nc3cn(C4CCC(CN)CC4)nc3C(F)F)co2)ccn1.CO.NCC1CCC(n2cc(NC(=O)c3coc(-c4ccnc(NCC5CC5)c4)n3)c(C(F)F)n2)CC1.P.[W]. The number of aldehydes is 1. The van der Waals surface area contributed by atoms with E-state index in [4.69, 9.17) is 39.3 Å². The van der Waals surface area contributed by atoms with Gasteiger partial charge in [0.25, 0.3) is 37.0 Å². The van der Waals surface area contributed by atoms with E-state index < -0.39 is 77.5 Å². The number of halogens is 6. The number of hydrogen-bond acceptors (Lipinski definition) is 24. The summed E-state index contributed by atoms with van der Waals surface area (Å²) in [4.78, 5) is 105. The van der Waals surface area contributed by atoms with Crippen molar-refractivity contribution >= 4 is 80.6 Å². The largest absolute Gasteiger partial charge is 0.444 e. The first-order valence-corrected chi connectivity index (χ1v) is 40.9. The van der Waals surface area contributed by atoms with Crippen LogP contribution >= 0.6 is 9.90 Å². The average Bonchev–Trinajstić information content (AvgIpc) is 1.70. The van der Waals surface area contributed by atoms with Gasteiger partial charge in [-0.05, 0) is 236 Å². The minimum atomic E-state index is -2.90. The molecule has 1 atom stereocenters. The fourth-order valence-corrected chi connectivity index (χ4v) is 14.3. The van der Waals surface area contributed by atoms with Crippen molar-refractivity contribution < 1.29 is 104 Å². The molecule has 40 heteroatoms. The molecular formula is C83H107F6N20O12PW. The van der Waals surface area contributed by atoms with E-state index in [1.54, 1.807) is 88.8 Å². The number of carbonyl (C=O) groups is 6. The smallest absolute Gasteiger partial charge is 0.416 e. The fraction of sp³-hybridized carbons (Fsp3) is 0.530. The fourth-order valence-electron chi connectivity index (χ4n) is 14.3. The number of pyridine rings is 3. The van der Waals surface area contributed by atoms with Gasteiger partial charge in [-0.15, -0.1) is 0 Å². The number of amides is 5. The Kier molecular flexibility index (Phi) is 33.1. The quantitative estimate of drug-likeness (QED) is 0.0143. The van der Waals surface area contributed by atoms with Crippen molar-refractivity contribution in [1.82, 2.24) is 59.2 Å². The summed E-state index contributed by atoms with van der Waals surface area (Å²) in [5, 5.41) is 30.1. The molecule has 0 saturated heterocycles. The standard InChI is InChI=1S/C29H37F2N7O4.C29H34F2N6O5.C24H29F2N7O2.CH4O.H3P.W/c1-29(2,3)42-28(40)37(14-18-4-5-18)23-12-19(10-11-33-23)27-35-22(16-41-27)26(39)34-21-15-38(36-24(21)25(30)31)20-8-6-17(13-32)7-9-20;1-29(2,3)42-28(40)36(13-17-4-5-17)23-12-19(10-11-32-23)27-34-22(16-41-27)26(39)33-21-14-37(35-24(21)25(30)31)20-8-6-18(15-38)7-9-20;25-22(26)21-18(12-33(32-21)17-5-3-14(10-27)4-6-17)30-23(34)19-13-35-24(31-19)16-7-8-28-20(9-16)29-11-15-1-2-15;1-2;;/h10-12,15-18,20,25H,4-9,13-14,32H2,1-3H3,(H,34,39);10-12,14-18,20,25H,4-9,13H2,1-3H3,(H,33,39);7-9,12-15,17,22H,1-6,10-11,27H2,(H,28,29)(H,30,34);2H,1H3;1H3;. The van der Waals surface area contributed by atoms with Crippen LogP contribution in [0.2, 0.25) is 0 Å². The zero-order valence-electron chi connectivity index (χ0n) is 69.7. The Morgan fingerprint density at radius 3 is 1.12 bits per heavy atom. The molecule has 6 aliphatic carbocycles. The van der Waals surface area contributed by atoms with Gasteiger partial charge in [-0.25, -0.2) is 65.8 Å². The number of hydrogen-bond donors (Lipinski definition) is 7. The molecule has 664 valence electrons. The second kappa shape index (κ2) is 42.9. The number of nitrogens with one attached hydrogen (secondary N) is 4. The van der Waals surface area contributed by atoms with Crippen molar-refractivity contribution in [3.63, 3.8) is 0 Å². The van der Waals surface area contributed by atoms with E-state index in [9.17, 15) is 55.1 Å². The Hall–Kier alpha value is -10.3. The molecule has 9 aromatic heterocycles. The minimum absolute atomic E-state index is 0. The van der Waals surface area contributed by atoms with Crippen molar-refractivity contribution in [2.75, 3.05) is 70.9 Å². The molecule has 6 saturated carbocycles. The maximum Gasteiger partial charge on any atom is 0.416 e. The van der Waals surface area contributed by atoms with Crippen LogP contribution in [0.5, 0.6) is 0 Å². The third kappa shape index (κ3) is 26.2. The van der Waals surface area contributed by atoms with E-state index in [-0.39, 0.29) is 107 Å². The molecule has 6 aliphatic rings. The topological polar surface area (TPSA) is 418 Å². The van der Waals surface area contributed by atoms with E-state index in [0.717, 1.165) is 110 Å². The van der Waals surface area contributed by atoms with Crippen molar-refractivity contribution in [3.05, 3.63) is 127 Å². The summed E-state index contributed by atoms with van der Waals surface area (Å²) in [7, 11) is 1.00. The second-order valence-corrected chi connectivity index (χ2v) is 33.3. The van der Waals surface area contributed by atoms with Crippen LogP contribution < -0.4 is 42.5 Å². The van der Waals surface area contributed by atoms with Crippen molar-refractivity contribution in [3.8, 4) is 34.4 Å². The summed E-state index contributed by atoms with van der Waals surface area (Å²) in [6, 6.07) is 9.90. The van der Waals surface area contributed by atoms with Crippen LogP contribution in [0.3, 0.4) is 0 Å². The molecule has 9 aromatic rings. The summed E-state index contributed by atoms with van der Waals surface area (Å²) in [6.07, 6.45) is 19.8. The van der Waals surface area contributed by atoms with Gasteiger partial charge >= 0.3 is 12.2 Å². The zero-order chi connectivity index (χ0) is 86.4. The van der Waals surface area contributed by atoms with Crippen LogP contribution in [0.1, 0.15) is 243 Å². The van der Waals surface area contributed by atoms with Gasteiger partial charge in [0.1, 0.15) is 53.7 Å². The zero-order valence-corrected chi connectivity index (χ0v) is 74.0. The van der Waals surface area contributed by atoms with Crippen LogP contribution in [-0.4, -0.2) is 152 Å². The van der Waals surface area contributed by atoms with Crippen molar-refractivity contribution in [1.29, 1.82) is 0 Å². The Morgan fingerprint density at radius 2 is 0.813 bits per heavy atom. The summed E-state index contributed by atoms with van der Waals surface area (Å²) in [6.45, 7) is 13.8. The molecule has 0 aromatic carbocycles. The van der Waals surface area contributed by atoms with E-state index in [0.29, 0.717) is 116 Å². The van der Waals surface area contributed by atoms with E-state index >= 15 is 0 Å². The molecule has 0 aliphatic heterocycles. The van der Waals surface area contributed by atoms with E-state index in [1.165, 1.54) is 69.3 Å². The molecule has 123 heavy (non-hydrogen) atoms. The second-order valence-electron chi connectivity index (χ2n) is 33.3. The molecule has 32 nitrogen and oxygen atoms in total. The van der Waals surface area contributed by atoms with Gasteiger partial charge in [0.2, 0.25) is 17.7 Å². The maximum atomic E-state index is 13.8. The third-order valence-electron chi connectivity index (χ3n) is 21.5. The number of aromatic nitrogens is 12. The monoisotopic (exact) mass is 1900 g/mol. The molecule has 0 radical (unpaired) electrons. The molecule has 0 bridgehead atoms. The van der Waals surface area contributed by atoms with Gasteiger partial charge in [-0.2, -0.15) is 25.2 Å². The molecule has 9 N–H and O–H groups in total. The van der Waals surface area contributed by atoms with Crippen LogP contribution in [0.15, 0.2) is 106 Å². The average molecular weight is 1910 g/mol. The number of nitrogens with two attached hydrogens (primary N) is 2. The Morgan fingerprint density at radius 1 is 0.496 bits per heavy atom. The van der Waals surface area contributed by atoms with Gasteiger partial charge in [0.05, 0.1) is 35.2 Å². The van der Waals surface area contributed by atoms with Crippen LogP contribution in [-0.2, 0) is 35.3 Å². The van der Waals surface area contributed by atoms with Crippen LogP contribution in [0.4, 0.5) is 70.4 Å². The normalized spacial score (nSPS) is 18.8. The number of carbonyl (C=O) groups excluding carboxylic acids is 6. The van der Waals surface area contributed by atoms with Gasteiger partial charge < -0.3 is 65.4 Å². The van der Waals surface area contributed by atoms with E-state index in [1.807, 2.05) is 0 Å². The number of aliphatic hydroxyl groups is 1. The molecule has 15 rings (SSSR count). The summed E-state index contributed by atoms with van der Waals surface area (Å²) in [5.41, 5.74) is 9.85. The number of alkyl halides is 6. The van der Waals surface area contributed by atoms with Crippen molar-refractivity contribution in [2.45, 2.75) is 206 Å². The molecular weight excluding hydrogens is 1800 g/mol. The summed E-state index contributed by atoms with van der Waals surface area (Å²) in [5.74, 6) is 2.09. The number of nitrogens with zero attached hydrogens (tertiary/aromatic N) is 14. The van der Waals surface area contributed by atoms with Gasteiger partial charge in [0, 0.05) is 108 Å². The molecule has 5 amide bonds.